The molecule has 1 aromatic rings. The number of halogens is 2. The van der Waals surface area contributed by atoms with E-state index in [2.05, 4.69) is 10.6 Å². The molecule has 0 radical (unpaired) electrons. The number of hydrogen-bond donors (Lipinski definition) is 2. The van der Waals surface area contributed by atoms with E-state index in [1.165, 1.54) is 7.05 Å². The quantitative estimate of drug-likeness (QED) is 0.745. The van der Waals surface area contributed by atoms with E-state index in [9.17, 15) is 14.4 Å². The number of urea groups is 2. The molecule has 0 aliphatic carbocycles. The molecule has 0 aromatic heterocycles. The maximum atomic E-state index is 12.4. The SMILES string of the molecule is CN1C(=O)NC2(CCN(C(=O)Nc3cc(Cl)ccc3Cl)CC2)C1=O. The molecule has 2 fully saturated rings. The largest absolute Gasteiger partial charge is 0.324 e. The van der Waals surface area contributed by atoms with Crippen LogP contribution in [0.5, 0.6) is 0 Å². The zero-order valence-corrected chi connectivity index (χ0v) is 14.4. The van der Waals surface area contributed by atoms with Crippen LogP contribution in [0, 0.1) is 0 Å². The van der Waals surface area contributed by atoms with E-state index in [4.69, 9.17) is 23.2 Å². The Morgan fingerprint density at radius 3 is 2.50 bits per heavy atom. The Morgan fingerprint density at radius 1 is 1.25 bits per heavy atom. The molecule has 7 nitrogen and oxygen atoms in total. The van der Waals surface area contributed by atoms with Gasteiger partial charge in [0.25, 0.3) is 5.91 Å². The van der Waals surface area contributed by atoms with Gasteiger partial charge in [-0.25, -0.2) is 9.59 Å². The monoisotopic (exact) mass is 370 g/mol. The maximum absolute atomic E-state index is 12.4. The van der Waals surface area contributed by atoms with Crippen molar-refractivity contribution >= 4 is 46.9 Å². The summed E-state index contributed by atoms with van der Waals surface area (Å²) in [4.78, 5) is 38.9. The van der Waals surface area contributed by atoms with Crippen LogP contribution in [0.2, 0.25) is 10.0 Å². The van der Waals surface area contributed by atoms with Crippen molar-refractivity contribution in [2.24, 2.45) is 0 Å². The molecule has 2 aliphatic heterocycles. The summed E-state index contributed by atoms with van der Waals surface area (Å²) in [7, 11) is 1.45. The Hall–Kier alpha value is -1.99. The highest BCUT2D eigenvalue weighted by atomic mass is 35.5. The van der Waals surface area contributed by atoms with Crippen LogP contribution in [0.3, 0.4) is 0 Å². The summed E-state index contributed by atoms with van der Waals surface area (Å²) in [6, 6.07) is 4.09. The topological polar surface area (TPSA) is 81.8 Å². The lowest BCUT2D eigenvalue weighted by Crippen LogP contribution is -2.56. The van der Waals surface area contributed by atoms with E-state index in [-0.39, 0.29) is 11.9 Å². The number of likely N-dealkylation sites (N-methyl/N-ethyl adjacent to an activating group) is 1. The predicted octanol–water partition coefficient (Wildman–Crippen LogP) is 2.54. The van der Waals surface area contributed by atoms with Crippen molar-refractivity contribution in [3.63, 3.8) is 0 Å². The number of nitrogens with one attached hydrogen (secondary N) is 2. The number of hydrogen-bond acceptors (Lipinski definition) is 3. The van der Waals surface area contributed by atoms with Crippen molar-refractivity contribution in [1.29, 1.82) is 0 Å². The minimum atomic E-state index is -0.893. The Kier molecular flexibility index (Phi) is 4.31. The minimum Gasteiger partial charge on any atom is -0.324 e. The van der Waals surface area contributed by atoms with E-state index in [1.807, 2.05) is 0 Å². The molecule has 0 atom stereocenters. The Labute approximate surface area is 148 Å². The van der Waals surface area contributed by atoms with Gasteiger partial charge < -0.3 is 15.5 Å². The van der Waals surface area contributed by atoms with E-state index < -0.39 is 11.6 Å². The van der Waals surface area contributed by atoms with Crippen molar-refractivity contribution in [2.75, 3.05) is 25.5 Å². The summed E-state index contributed by atoms with van der Waals surface area (Å²) >= 11 is 11.9. The zero-order chi connectivity index (χ0) is 17.5. The molecule has 24 heavy (non-hydrogen) atoms. The second-order valence-corrected chi connectivity index (χ2v) is 6.76. The maximum Gasteiger partial charge on any atom is 0.324 e. The summed E-state index contributed by atoms with van der Waals surface area (Å²) in [5, 5.41) is 6.31. The van der Waals surface area contributed by atoms with Crippen molar-refractivity contribution in [1.82, 2.24) is 15.1 Å². The Morgan fingerprint density at radius 2 is 1.92 bits per heavy atom. The molecule has 3 rings (SSSR count). The molecule has 1 spiro atoms. The van der Waals surface area contributed by atoms with Crippen LogP contribution in [-0.2, 0) is 4.79 Å². The van der Waals surface area contributed by atoms with Crippen LogP contribution in [0.25, 0.3) is 0 Å². The number of benzene rings is 1. The molecule has 0 saturated carbocycles. The van der Waals surface area contributed by atoms with E-state index >= 15 is 0 Å². The van der Waals surface area contributed by atoms with Crippen LogP contribution < -0.4 is 10.6 Å². The number of amides is 5. The zero-order valence-electron chi connectivity index (χ0n) is 12.9. The van der Waals surface area contributed by atoms with Crippen LogP contribution in [0.1, 0.15) is 12.8 Å². The van der Waals surface area contributed by atoms with Gasteiger partial charge in [0.2, 0.25) is 0 Å². The van der Waals surface area contributed by atoms with Gasteiger partial charge in [-0.2, -0.15) is 0 Å². The van der Waals surface area contributed by atoms with E-state index in [0.717, 1.165) is 4.90 Å². The third kappa shape index (κ3) is 2.89. The number of nitrogens with zero attached hydrogens (tertiary/aromatic N) is 2. The number of carbonyl (C=O) groups is 3. The van der Waals surface area contributed by atoms with Crippen LogP contribution in [-0.4, -0.2) is 53.4 Å². The summed E-state index contributed by atoms with van der Waals surface area (Å²) in [5.74, 6) is -0.245. The van der Waals surface area contributed by atoms with Gasteiger partial charge in [-0.1, -0.05) is 23.2 Å². The molecule has 9 heteroatoms. The minimum absolute atomic E-state index is 0.245. The van der Waals surface area contributed by atoms with Crippen LogP contribution in [0.4, 0.5) is 15.3 Å². The predicted molar refractivity (Wildman–Crippen MR) is 90.3 cm³/mol. The highest BCUT2D eigenvalue weighted by Gasteiger charge is 2.51. The number of carbonyl (C=O) groups excluding carboxylic acids is 3. The third-order valence-corrected chi connectivity index (χ3v) is 5.00. The molecule has 0 unspecified atom stereocenters. The summed E-state index contributed by atoms with van der Waals surface area (Å²) in [6.45, 7) is 0.702. The Balaban J connectivity index is 1.65. The van der Waals surface area contributed by atoms with Crippen molar-refractivity contribution in [3.8, 4) is 0 Å². The van der Waals surface area contributed by atoms with Gasteiger partial charge in [0.1, 0.15) is 5.54 Å². The fraction of sp³-hybridized carbons (Fsp3) is 0.400. The number of imide groups is 1. The molecule has 5 amide bonds. The molecule has 1 aromatic carbocycles. The fourth-order valence-corrected chi connectivity index (χ4v) is 3.31. The fourth-order valence-electron chi connectivity index (χ4n) is 2.97. The smallest absolute Gasteiger partial charge is 0.324 e. The van der Waals surface area contributed by atoms with Gasteiger partial charge in [0.05, 0.1) is 10.7 Å². The van der Waals surface area contributed by atoms with Crippen molar-refractivity contribution < 1.29 is 14.4 Å². The third-order valence-electron chi connectivity index (χ3n) is 4.44. The lowest BCUT2D eigenvalue weighted by Gasteiger charge is -2.37. The van der Waals surface area contributed by atoms with Gasteiger partial charge in [-0.3, -0.25) is 9.69 Å². The van der Waals surface area contributed by atoms with Gasteiger partial charge in [0.15, 0.2) is 0 Å². The normalized spacial score (nSPS) is 19.6. The van der Waals surface area contributed by atoms with Gasteiger partial charge in [0, 0.05) is 25.2 Å². The van der Waals surface area contributed by atoms with Gasteiger partial charge >= 0.3 is 12.1 Å². The average molecular weight is 371 g/mol. The Bertz CT molecular complexity index is 717. The van der Waals surface area contributed by atoms with Gasteiger partial charge in [-0.05, 0) is 31.0 Å². The second kappa shape index (κ2) is 6.14. The lowest BCUT2D eigenvalue weighted by atomic mass is 9.87. The molecular weight excluding hydrogens is 355 g/mol. The molecule has 2 N–H and O–H groups in total. The molecule has 0 bridgehead atoms. The molecule has 2 heterocycles. The number of likely N-dealkylation sites (tertiary alicyclic amines) is 1. The molecule has 2 saturated heterocycles. The van der Waals surface area contributed by atoms with E-state index in [0.29, 0.717) is 41.7 Å². The lowest BCUT2D eigenvalue weighted by molar-refractivity contribution is -0.131. The van der Waals surface area contributed by atoms with Crippen LogP contribution >= 0.6 is 23.2 Å². The first-order valence-corrected chi connectivity index (χ1v) is 8.19. The summed E-state index contributed by atoms with van der Waals surface area (Å²) < 4.78 is 0. The van der Waals surface area contributed by atoms with Crippen LogP contribution in [0.15, 0.2) is 18.2 Å². The highest BCUT2D eigenvalue weighted by molar-refractivity contribution is 6.35. The summed E-state index contributed by atoms with van der Waals surface area (Å²) in [5.41, 5.74) is -0.463. The number of rotatable bonds is 1. The highest BCUT2D eigenvalue weighted by Crippen LogP contribution is 2.30. The standard InChI is InChI=1S/C15H16Cl2N4O3/c1-20-12(22)15(19-14(20)24)4-6-21(7-5-15)13(23)18-11-8-9(16)2-3-10(11)17/h2-3,8H,4-7H2,1H3,(H,18,23)(H,19,24). The second-order valence-electron chi connectivity index (χ2n) is 5.92. The molecule has 128 valence electrons. The molecular formula is C15H16Cl2N4O3. The number of piperidine rings is 1. The van der Waals surface area contributed by atoms with Gasteiger partial charge in [-0.15, -0.1) is 0 Å². The van der Waals surface area contributed by atoms with E-state index in [1.54, 1.807) is 23.1 Å². The first-order valence-electron chi connectivity index (χ1n) is 7.44. The first kappa shape index (κ1) is 16.9. The number of anilines is 1. The van der Waals surface area contributed by atoms with Crippen molar-refractivity contribution in [3.05, 3.63) is 28.2 Å². The average Bonchev–Trinajstić information content (AvgIpc) is 2.76. The van der Waals surface area contributed by atoms with Crippen molar-refractivity contribution in [2.45, 2.75) is 18.4 Å². The first-order chi connectivity index (χ1) is 11.3. The summed E-state index contributed by atoms with van der Waals surface area (Å²) in [6.07, 6.45) is 0.747. The molecule has 2 aliphatic rings.